The van der Waals surface area contributed by atoms with Gasteiger partial charge in [0.2, 0.25) is 5.90 Å². The van der Waals surface area contributed by atoms with Crippen LogP contribution in [0, 0.1) is 11.2 Å². The first-order valence-electron chi connectivity index (χ1n) is 3.81. The lowest BCUT2D eigenvalue weighted by Gasteiger charge is -2.11. The number of ether oxygens (including phenoxy) is 1. The quantitative estimate of drug-likeness (QED) is 0.629. The summed E-state index contributed by atoms with van der Waals surface area (Å²) in [5.41, 5.74) is -0.0654. The molecule has 0 aliphatic rings. The fourth-order valence-corrected chi connectivity index (χ4v) is 1.16. The van der Waals surface area contributed by atoms with Crippen molar-refractivity contribution in [3.63, 3.8) is 0 Å². The molecule has 0 heterocycles. The minimum Gasteiger partial charge on any atom is -0.482 e. The molecule has 1 unspecified atom stereocenters. The van der Waals surface area contributed by atoms with Crippen molar-refractivity contribution in [3.8, 4) is 0 Å². The van der Waals surface area contributed by atoms with E-state index in [-0.39, 0.29) is 18.0 Å². The predicted octanol–water partition coefficient (Wildman–Crippen LogP) is 2.56. The van der Waals surface area contributed by atoms with Crippen LogP contribution in [0.2, 0.25) is 5.02 Å². The third kappa shape index (κ3) is 3.34. The molecule has 6 heteroatoms. The van der Waals surface area contributed by atoms with Crippen LogP contribution in [-0.4, -0.2) is 18.1 Å². The van der Waals surface area contributed by atoms with E-state index in [1.54, 1.807) is 0 Å². The van der Waals surface area contributed by atoms with E-state index >= 15 is 0 Å². The molecule has 3 nitrogen and oxygen atoms in total. The van der Waals surface area contributed by atoms with Crippen LogP contribution in [0.3, 0.4) is 0 Å². The second-order valence-corrected chi connectivity index (χ2v) is 3.07. The standard InChI is InChI=1S/C9H9ClFNO2.ClH/c1-14-9(12)8(13)6-4-5(10)2-3-7(6)11;/h2-4,8,12-13H,1H3;1H. The molecule has 0 spiro atoms. The monoisotopic (exact) mass is 253 g/mol. The summed E-state index contributed by atoms with van der Waals surface area (Å²) in [6.07, 6.45) is -1.42. The van der Waals surface area contributed by atoms with Crippen molar-refractivity contribution in [1.82, 2.24) is 0 Å². The van der Waals surface area contributed by atoms with E-state index in [0.717, 1.165) is 6.07 Å². The number of aliphatic hydroxyl groups excluding tert-OH is 1. The highest BCUT2D eigenvalue weighted by Gasteiger charge is 2.18. The number of rotatable bonds is 2. The minimum atomic E-state index is -1.42. The second-order valence-electron chi connectivity index (χ2n) is 2.64. The average molecular weight is 254 g/mol. The summed E-state index contributed by atoms with van der Waals surface area (Å²) in [7, 11) is 1.23. The van der Waals surface area contributed by atoms with Gasteiger partial charge in [0.1, 0.15) is 5.82 Å². The number of hydrogen-bond acceptors (Lipinski definition) is 3. The fraction of sp³-hybridized carbons (Fsp3) is 0.222. The molecule has 0 fully saturated rings. The molecule has 0 aliphatic carbocycles. The van der Waals surface area contributed by atoms with Crippen molar-refractivity contribution in [2.75, 3.05) is 7.11 Å². The fourth-order valence-electron chi connectivity index (χ4n) is 0.977. The Balaban J connectivity index is 0.00000196. The molecule has 0 aliphatic heterocycles. The van der Waals surface area contributed by atoms with Crippen LogP contribution < -0.4 is 0 Å². The highest BCUT2D eigenvalue weighted by molar-refractivity contribution is 6.30. The van der Waals surface area contributed by atoms with E-state index in [1.807, 2.05) is 0 Å². The van der Waals surface area contributed by atoms with Gasteiger partial charge in [0.25, 0.3) is 0 Å². The Morgan fingerprint density at radius 2 is 2.20 bits per heavy atom. The van der Waals surface area contributed by atoms with E-state index in [2.05, 4.69) is 4.74 Å². The summed E-state index contributed by atoms with van der Waals surface area (Å²) in [5.74, 6) is -1.05. The first-order valence-corrected chi connectivity index (χ1v) is 4.19. The topological polar surface area (TPSA) is 53.3 Å². The molecule has 0 radical (unpaired) electrons. The third-order valence-electron chi connectivity index (χ3n) is 1.72. The van der Waals surface area contributed by atoms with E-state index in [9.17, 15) is 9.50 Å². The van der Waals surface area contributed by atoms with Crippen LogP contribution in [0.15, 0.2) is 18.2 Å². The van der Waals surface area contributed by atoms with Crippen LogP contribution in [0.5, 0.6) is 0 Å². The molecule has 1 aromatic carbocycles. The Hall–Kier alpha value is -0.840. The minimum absolute atomic E-state index is 0. The van der Waals surface area contributed by atoms with Gasteiger partial charge < -0.3 is 9.84 Å². The van der Waals surface area contributed by atoms with E-state index in [4.69, 9.17) is 17.0 Å². The molecule has 0 saturated heterocycles. The van der Waals surface area contributed by atoms with Gasteiger partial charge >= 0.3 is 0 Å². The van der Waals surface area contributed by atoms with E-state index < -0.39 is 17.8 Å². The molecule has 1 atom stereocenters. The summed E-state index contributed by atoms with van der Waals surface area (Å²) in [4.78, 5) is 0. The van der Waals surface area contributed by atoms with Crippen molar-refractivity contribution in [3.05, 3.63) is 34.6 Å². The molecule has 15 heavy (non-hydrogen) atoms. The summed E-state index contributed by atoms with van der Waals surface area (Å²) < 4.78 is 17.6. The number of benzene rings is 1. The van der Waals surface area contributed by atoms with Gasteiger partial charge in [-0.2, -0.15) is 0 Å². The zero-order valence-corrected chi connectivity index (χ0v) is 9.40. The Kier molecular flexibility index (Phi) is 5.57. The maximum atomic E-state index is 13.1. The van der Waals surface area contributed by atoms with Crippen molar-refractivity contribution in [1.29, 1.82) is 5.41 Å². The Morgan fingerprint density at radius 3 is 2.73 bits per heavy atom. The maximum absolute atomic E-state index is 13.1. The maximum Gasteiger partial charge on any atom is 0.214 e. The highest BCUT2D eigenvalue weighted by Crippen LogP contribution is 2.22. The van der Waals surface area contributed by atoms with Gasteiger partial charge in [0.05, 0.1) is 7.11 Å². The Bertz CT molecular complexity index is 360. The molecule has 0 amide bonds. The summed E-state index contributed by atoms with van der Waals surface area (Å²) >= 11 is 5.62. The van der Waals surface area contributed by atoms with Gasteiger partial charge in [0, 0.05) is 10.6 Å². The van der Waals surface area contributed by atoms with Gasteiger partial charge in [-0.05, 0) is 18.2 Å². The third-order valence-corrected chi connectivity index (χ3v) is 1.96. The normalized spacial score (nSPS) is 11.5. The zero-order chi connectivity index (χ0) is 10.7. The molecule has 0 bridgehead atoms. The zero-order valence-electron chi connectivity index (χ0n) is 7.83. The summed E-state index contributed by atoms with van der Waals surface area (Å²) in [6.45, 7) is 0. The van der Waals surface area contributed by atoms with Crippen molar-refractivity contribution >= 4 is 29.9 Å². The molecule has 0 saturated carbocycles. The van der Waals surface area contributed by atoms with Gasteiger partial charge in [-0.3, -0.25) is 5.41 Å². The number of halogens is 3. The molecule has 2 N–H and O–H groups in total. The molecule has 0 aromatic heterocycles. The number of aliphatic hydroxyl groups is 1. The van der Waals surface area contributed by atoms with Crippen molar-refractivity contribution in [2.45, 2.75) is 6.10 Å². The van der Waals surface area contributed by atoms with Crippen LogP contribution in [0.1, 0.15) is 11.7 Å². The van der Waals surface area contributed by atoms with Crippen molar-refractivity contribution < 1.29 is 14.2 Å². The molecular weight excluding hydrogens is 244 g/mol. The predicted molar refractivity (Wildman–Crippen MR) is 58.4 cm³/mol. The molecule has 1 rings (SSSR count). The first-order chi connectivity index (χ1) is 6.56. The lowest BCUT2D eigenvalue weighted by molar-refractivity contribution is 0.201. The van der Waals surface area contributed by atoms with Gasteiger partial charge in [-0.15, -0.1) is 12.4 Å². The average Bonchev–Trinajstić information content (AvgIpc) is 2.19. The highest BCUT2D eigenvalue weighted by atomic mass is 35.5. The number of hydrogen-bond donors (Lipinski definition) is 2. The number of methoxy groups -OCH3 is 1. The smallest absolute Gasteiger partial charge is 0.214 e. The molecular formula is C9H10Cl2FNO2. The Labute approximate surface area is 97.7 Å². The van der Waals surface area contributed by atoms with Crippen LogP contribution in [0.4, 0.5) is 4.39 Å². The number of nitrogens with one attached hydrogen (secondary N) is 1. The van der Waals surface area contributed by atoms with Gasteiger partial charge in [-0.25, -0.2) is 4.39 Å². The van der Waals surface area contributed by atoms with Crippen LogP contribution in [0.25, 0.3) is 0 Å². The molecule has 1 aromatic rings. The summed E-state index contributed by atoms with van der Waals surface area (Å²) in [6, 6.07) is 3.75. The second kappa shape index (κ2) is 5.90. The van der Waals surface area contributed by atoms with Gasteiger partial charge in [0.15, 0.2) is 6.10 Å². The van der Waals surface area contributed by atoms with Crippen molar-refractivity contribution in [2.24, 2.45) is 0 Å². The summed E-state index contributed by atoms with van der Waals surface area (Å²) in [5, 5.41) is 16.9. The molecule has 84 valence electrons. The van der Waals surface area contributed by atoms with E-state index in [1.165, 1.54) is 19.2 Å². The van der Waals surface area contributed by atoms with Crippen LogP contribution in [-0.2, 0) is 4.74 Å². The SMILES string of the molecule is COC(=N)C(O)c1cc(Cl)ccc1F.Cl. The van der Waals surface area contributed by atoms with Crippen LogP contribution >= 0.6 is 24.0 Å². The first kappa shape index (κ1) is 14.2. The Morgan fingerprint density at radius 1 is 1.60 bits per heavy atom. The lowest BCUT2D eigenvalue weighted by Crippen LogP contribution is -2.14. The largest absolute Gasteiger partial charge is 0.482 e. The van der Waals surface area contributed by atoms with E-state index in [0.29, 0.717) is 5.02 Å². The van der Waals surface area contributed by atoms with Gasteiger partial charge in [-0.1, -0.05) is 11.6 Å². The lowest BCUT2D eigenvalue weighted by atomic mass is 10.1.